The first-order valence-corrected chi connectivity index (χ1v) is 9.55. The third-order valence-electron chi connectivity index (χ3n) is 2.67. The maximum atomic E-state index is 4.62. The maximum absolute atomic E-state index is 4.62. The molecule has 3 heteroatoms. The number of allylic oxidation sites excluding steroid dienone is 7. The Morgan fingerprint density at radius 3 is 1.84 bits per heavy atom. The van der Waals surface area contributed by atoms with Crippen LogP contribution in [0.3, 0.4) is 0 Å². The van der Waals surface area contributed by atoms with Gasteiger partial charge in [0.25, 0.3) is 0 Å². The first-order chi connectivity index (χ1) is 8.30. The van der Waals surface area contributed by atoms with Gasteiger partial charge in [0.15, 0.2) is 0 Å². The molecule has 0 radical (unpaired) electrons. The summed E-state index contributed by atoms with van der Waals surface area (Å²) in [6, 6.07) is 0. The zero-order chi connectivity index (χ0) is 14.2. The van der Waals surface area contributed by atoms with Gasteiger partial charge in [-0.1, -0.05) is 35.5 Å². The molecule has 0 saturated carbocycles. The molecule has 0 N–H and O–H groups in total. The summed E-state index contributed by atoms with van der Waals surface area (Å²) in [6.07, 6.45) is 11.6. The third-order valence-corrected chi connectivity index (χ3v) is 3.53. The molecular formula is C16H28NPTi. The second kappa shape index (κ2) is 10.7. The third kappa shape index (κ3) is 11.4. The molecule has 1 aliphatic rings. The Morgan fingerprint density at radius 1 is 1.11 bits per heavy atom. The van der Waals surface area contributed by atoms with Crippen LogP contribution in [0.25, 0.3) is 0 Å². The molecule has 1 nitrogen and oxygen atoms in total. The molecule has 0 aromatic carbocycles. The van der Waals surface area contributed by atoms with Crippen LogP contribution in [0.15, 0.2) is 52.0 Å². The van der Waals surface area contributed by atoms with Crippen LogP contribution in [0.2, 0.25) is 0 Å². The Morgan fingerprint density at radius 2 is 1.58 bits per heavy atom. The van der Waals surface area contributed by atoms with Gasteiger partial charge in [0, 0.05) is 33.8 Å². The minimum atomic E-state index is -0.948. The van der Waals surface area contributed by atoms with Crippen LogP contribution in [-0.2, 0) is 21.7 Å². The molecule has 0 spiro atoms. The second-order valence-electron chi connectivity index (χ2n) is 5.28. The van der Waals surface area contributed by atoms with Crippen molar-refractivity contribution in [1.82, 2.24) is 0 Å². The van der Waals surface area contributed by atoms with E-state index in [-0.39, 0.29) is 21.7 Å². The van der Waals surface area contributed by atoms with E-state index in [0.717, 1.165) is 6.42 Å². The summed E-state index contributed by atoms with van der Waals surface area (Å²) in [5, 5.41) is 0. The number of nitrogens with zero attached hydrogens (tertiary/aromatic N) is 1. The van der Waals surface area contributed by atoms with Crippen molar-refractivity contribution in [1.29, 1.82) is 0 Å². The molecule has 0 amide bonds. The van der Waals surface area contributed by atoms with Gasteiger partial charge in [-0.15, -0.1) is 0 Å². The monoisotopic (exact) mass is 313 g/mol. The standard InChI is InChI=1S/C8H14NP.C8H14.Ti/c1-10(2,3)9-8-6-4-5-7-8;1-5-7(3)8(4)6-2;/h4-6H,7H2,1-3H3;5-6H,1-4H3;. The van der Waals surface area contributed by atoms with Gasteiger partial charge >= 0.3 is 0 Å². The zero-order valence-corrected chi connectivity index (χ0v) is 15.9. The summed E-state index contributed by atoms with van der Waals surface area (Å²) in [4.78, 5) is 0. The van der Waals surface area contributed by atoms with Crippen LogP contribution >= 0.6 is 7.05 Å². The van der Waals surface area contributed by atoms with Crippen LogP contribution in [0, 0.1) is 0 Å². The Labute approximate surface area is 134 Å². The molecule has 0 aliphatic heterocycles. The molecule has 19 heavy (non-hydrogen) atoms. The second-order valence-corrected chi connectivity index (χ2v) is 9.36. The Balaban J connectivity index is 0. The molecule has 0 heterocycles. The van der Waals surface area contributed by atoms with E-state index in [0.29, 0.717) is 0 Å². The van der Waals surface area contributed by atoms with Gasteiger partial charge in [-0.25, -0.2) is 0 Å². The van der Waals surface area contributed by atoms with Gasteiger partial charge < -0.3 is 0 Å². The SMILES string of the molecule is CC=C(C)C(C)=CC.CP(C)(C)=NC1=CC=CC1.[Ti]. The van der Waals surface area contributed by atoms with Gasteiger partial charge in [0.05, 0.1) is 0 Å². The fraction of sp³-hybridized carbons (Fsp3) is 0.500. The quantitative estimate of drug-likeness (QED) is 0.345. The Bertz CT molecular complexity index is 409. The minimum Gasteiger partial charge on any atom is -0.272 e. The molecule has 1 aliphatic carbocycles. The number of hydrogen-bond donors (Lipinski definition) is 0. The Kier molecular flexibility index (Phi) is 11.9. The van der Waals surface area contributed by atoms with Crippen molar-refractivity contribution in [2.45, 2.75) is 34.1 Å². The van der Waals surface area contributed by atoms with Crippen molar-refractivity contribution in [3.8, 4) is 0 Å². The summed E-state index contributed by atoms with van der Waals surface area (Å²) < 4.78 is 4.62. The first kappa shape index (κ1) is 21.2. The summed E-state index contributed by atoms with van der Waals surface area (Å²) in [7, 11) is -0.948. The van der Waals surface area contributed by atoms with E-state index >= 15 is 0 Å². The van der Waals surface area contributed by atoms with Gasteiger partial charge in [-0.05, 0) is 60.8 Å². The van der Waals surface area contributed by atoms with Crippen LogP contribution in [0.1, 0.15) is 34.1 Å². The van der Waals surface area contributed by atoms with Crippen LogP contribution in [0.4, 0.5) is 0 Å². The van der Waals surface area contributed by atoms with E-state index in [2.05, 4.69) is 82.8 Å². The summed E-state index contributed by atoms with van der Waals surface area (Å²) in [5.41, 5.74) is 3.99. The molecule has 0 unspecified atom stereocenters. The molecular weight excluding hydrogens is 285 g/mol. The van der Waals surface area contributed by atoms with Crippen molar-refractivity contribution >= 4 is 7.05 Å². The van der Waals surface area contributed by atoms with Crippen molar-refractivity contribution in [3.63, 3.8) is 0 Å². The molecule has 0 fully saturated rings. The van der Waals surface area contributed by atoms with Gasteiger partial charge in [-0.2, -0.15) is 0 Å². The molecule has 0 aromatic heterocycles. The fourth-order valence-corrected chi connectivity index (χ4v) is 2.27. The van der Waals surface area contributed by atoms with E-state index in [9.17, 15) is 0 Å². The molecule has 0 atom stereocenters. The van der Waals surface area contributed by atoms with Crippen LogP contribution in [-0.4, -0.2) is 20.0 Å². The summed E-state index contributed by atoms with van der Waals surface area (Å²) >= 11 is 0. The number of hydrogen-bond acceptors (Lipinski definition) is 1. The minimum absolute atomic E-state index is 0. The van der Waals surface area contributed by atoms with Crippen LogP contribution in [0.5, 0.6) is 0 Å². The normalized spacial score (nSPS) is 15.2. The average molecular weight is 313 g/mol. The van der Waals surface area contributed by atoms with E-state index in [1.54, 1.807) is 0 Å². The van der Waals surface area contributed by atoms with Crippen molar-refractivity contribution in [2.75, 3.05) is 20.0 Å². The summed E-state index contributed by atoms with van der Waals surface area (Å²) in [5.74, 6) is 0. The van der Waals surface area contributed by atoms with E-state index in [1.165, 1.54) is 16.8 Å². The smallest absolute Gasteiger partial charge is 0.0424 e. The predicted octanol–water partition coefficient (Wildman–Crippen LogP) is 5.84. The topological polar surface area (TPSA) is 12.4 Å². The fourth-order valence-electron chi connectivity index (χ4n) is 1.35. The largest absolute Gasteiger partial charge is 0.272 e. The van der Waals surface area contributed by atoms with Crippen molar-refractivity contribution < 1.29 is 21.7 Å². The first-order valence-electron chi connectivity index (χ1n) is 6.46. The zero-order valence-electron chi connectivity index (χ0n) is 13.5. The maximum Gasteiger partial charge on any atom is 0.0424 e. The average Bonchev–Trinajstić information content (AvgIpc) is 2.78. The molecule has 1 rings (SSSR count). The summed E-state index contributed by atoms with van der Waals surface area (Å²) in [6.45, 7) is 15.0. The van der Waals surface area contributed by atoms with Gasteiger partial charge in [-0.3, -0.25) is 4.74 Å². The van der Waals surface area contributed by atoms with Crippen molar-refractivity contribution in [2.24, 2.45) is 4.74 Å². The van der Waals surface area contributed by atoms with Gasteiger partial charge in [0.1, 0.15) is 0 Å². The molecule has 0 saturated heterocycles. The Hall–Kier alpha value is -0.0957. The van der Waals surface area contributed by atoms with E-state index in [4.69, 9.17) is 0 Å². The predicted molar refractivity (Wildman–Crippen MR) is 87.8 cm³/mol. The van der Waals surface area contributed by atoms with Crippen molar-refractivity contribution in [3.05, 3.63) is 47.2 Å². The van der Waals surface area contributed by atoms with Crippen LogP contribution < -0.4 is 0 Å². The van der Waals surface area contributed by atoms with E-state index in [1.807, 2.05) is 0 Å². The number of rotatable bonds is 2. The molecule has 0 aromatic rings. The van der Waals surface area contributed by atoms with Gasteiger partial charge in [0.2, 0.25) is 0 Å². The molecule has 106 valence electrons. The molecule has 0 bridgehead atoms. The van der Waals surface area contributed by atoms with E-state index < -0.39 is 7.05 Å².